The van der Waals surface area contributed by atoms with Crippen LogP contribution in [-0.4, -0.2) is 84.8 Å². The highest BCUT2D eigenvalue weighted by molar-refractivity contribution is 6.18. The van der Waals surface area contributed by atoms with E-state index in [1.165, 1.54) is 14.2 Å². The van der Waals surface area contributed by atoms with Gasteiger partial charge < -0.3 is 24.2 Å². The van der Waals surface area contributed by atoms with Crippen LogP contribution in [-0.2, 0) is 9.59 Å². The number of hydrogen-bond donors (Lipinski definition) is 0. The number of ether oxygens (including phenoxy) is 2. The summed E-state index contributed by atoms with van der Waals surface area (Å²) in [4.78, 5) is 61.1. The van der Waals surface area contributed by atoms with Gasteiger partial charge in [-0.15, -0.1) is 0 Å². The standard InChI is InChI=1S/C32H36N4O6/c1-41-25-13-12-22-28(29(25)42-2)32(40)36-24-8-4-3-7-21(24)31(39)34(30(22)36)14-6-11-26(37)33-16-19-15-20(18-33)23-9-5-10-27(38)35(23)17-19/h3-4,7-8,12-13,19-20,23,30H,5-6,9-11,14-18H2,1-2H3/t19-,20+,23-,30+/m1/s1. The van der Waals surface area contributed by atoms with Crippen LogP contribution in [0.3, 0.4) is 0 Å². The molecule has 0 aromatic heterocycles. The van der Waals surface area contributed by atoms with Crippen molar-refractivity contribution in [1.82, 2.24) is 14.7 Å². The molecule has 2 aromatic rings. The summed E-state index contributed by atoms with van der Waals surface area (Å²) in [6, 6.07) is 11.0. The molecule has 0 spiro atoms. The highest BCUT2D eigenvalue weighted by atomic mass is 16.5. The molecule has 5 aliphatic heterocycles. The number of benzene rings is 2. The molecule has 2 aromatic carbocycles. The highest BCUT2D eigenvalue weighted by Crippen LogP contribution is 2.49. The third kappa shape index (κ3) is 4.06. The number of likely N-dealkylation sites (tertiary alicyclic amines) is 1. The number of methoxy groups -OCH3 is 2. The first-order valence-electron chi connectivity index (χ1n) is 15.0. The van der Waals surface area contributed by atoms with E-state index in [1.807, 2.05) is 17.0 Å². The van der Waals surface area contributed by atoms with E-state index >= 15 is 0 Å². The Morgan fingerprint density at radius 3 is 2.62 bits per heavy atom. The lowest BCUT2D eigenvalue weighted by Gasteiger charge is -2.52. The van der Waals surface area contributed by atoms with Gasteiger partial charge in [-0.2, -0.15) is 0 Å². The van der Waals surface area contributed by atoms with E-state index in [0.29, 0.717) is 84.6 Å². The Labute approximate surface area is 245 Å². The summed E-state index contributed by atoms with van der Waals surface area (Å²) in [5, 5.41) is 0. The minimum atomic E-state index is -0.631. The van der Waals surface area contributed by atoms with Crippen LogP contribution >= 0.6 is 0 Å². The second kappa shape index (κ2) is 10.3. The smallest absolute Gasteiger partial charge is 0.264 e. The Morgan fingerprint density at radius 2 is 1.81 bits per heavy atom. The number of piperidine rings is 3. The molecule has 0 aliphatic carbocycles. The van der Waals surface area contributed by atoms with E-state index in [-0.39, 0.29) is 29.7 Å². The summed E-state index contributed by atoms with van der Waals surface area (Å²) in [6.07, 6.45) is 3.86. The molecule has 3 fully saturated rings. The van der Waals surface area contributed by atoms with Crippen molar-refractivity contribution in [3.8, 4) is 11.5 Å². The van der Waals surface area contributed by atoms with Crippen LogP contribution in [0.1, 0.15) is 71.0 Å². The van der Waals surface area contributed by atoms with Gasteiger partial charge in [0, 0.05) is 50.6 Å². The third-order valence-electron chi connectivity index (χ3n) is 9.81. The van der Waals surface area contributed by atoms with Crippen molar-refractivity contribution in [2.24, 2.45) is 11.8 Å². The number of amides is 4. The van der Waals surface area contributed by atoms with Crippen molar-refractivity contribution < 1.29 is 28.7 Å². The van der Waals surface area contributed by atoms with Gasteiger partial charge in [0.25, 0.3) is 11.8 Å². The van der Waals surface area contributed by atoms with Gasteiger partial charge in [-0.25, -0.2) is 0 Å². The quantitative estimate of drug-likeness (QED) is 0.526. The number of carbonyl (C=O) groups is 4. The lowest BCUT2D eigenvalue weighted by atomic mass is 9.76. The van der Waals surface area contributed by atoms with E-state index in [0.717, 1.165) is 25.8 Å². The lowest BCUT2D eigenvalue weighted by Crippen LogP contribution is -2.61. The Balaban J connectivity index is 1.10. The van der Waals surface area contributed by atoms with Gasteiger partial charge in [0.1, 0.15) is 6.17 Å². The van der Waals surface area contributed by atoms with Gasteiger partial charge in [-0.05, 0) is 55.7 Å². The van der Waals surface area contributed by atoms with Gasteiger partial charge in [0.15, 0.2) is 11.5 Å². The summed E-state index contributed by atoms with van der Waals surface area (Å²) in [5.74, 6) is 1.42. The second-order valence-corrected chi connectivity index (χ2v) is 12.1. The molecule has 0 unspecified atom stereocenters. The lowest BCUT2D eigenvalue weighted by molar-refractivity contribution is -0.148. The molecule has 7 rings (SSSR count). The Hall–Kier alpha value is -4.08. The van der Waals surface area contributed by atoms with Crippen LogP contribution in [0.15, 0.2) is 36.4 Å². The van der Waals surface area contributed by atoms with Crippen LogP contribution in [0.25, 0.3) is 0 Å². The highest BCUT2D eigenvalue weighted by Gasteiger charge is 2.50. The molecular weight excluding hydrogens is 536 g/mol. The predicted octanol–water partition coefficient (Wildman–Crippen LogP) is 3.46. The predicted molar refractivity (Wildman–Crippen MR) is 153 cm³/mol. The molecule has 10 nitrogen and oxygen atoms in total. The molecule has 5 aliphatic rings. The number of carbonyl (C=O) groups excluding carboxylic acids is 4. The first kappa shape index (κ1) is 26.8. The maximum absolute atomic E-state index is 13.9. The maximum Gasteiger partial charge on any atom is 0.264 e. The van der Waals surface area contributed by atoms with E-state index in [4.69, 9.17) is 9.47 Å². The van der Waals surface area contributed by atoms with Crippen LogP contribution in [0.5, 0.6) is 11.5 Å². The number of nitrogens with zero attached hydrogens (tertiary/aromatic N) is 4. The number of para-hydroxylation sites is 1. The molecule has 4 atom stereocenters. The molecule has 42 heavy (non-hydrogen) atoms. The van der Waals surface area contributed by atoms with Crippen LogP contribution in [0.2, 0.25) is 0 Å². The molecule has 0 saturated carbocycles. The average molecular weight is 573 g/mol. The molecule has 10 heteroatoms. The number of fused-ring (bicyclic) bond motifs is 9. The summed E-state index contributed by atoms with van der Waals surface area (Å²) < 4.78 is 11.1. The van der Waals surface area contributed by atoms with Crippen molar-refractivity contribution in [2.75, 3.05) is 45.3 Å². The van der Waals surface area contributed by atoms with Crippen LogP contribution < -0.4 is 14.4 Å². The molecule has 3 saturated heterocycles. The van der Waals surface area contributed by atoms with Gasteiger partial charge in [-0.3, -0.25) is 24.1 Å². The van der Waals surface area contributed by atoms with E-state index in [1.54, 1.807) is 34.1 Å². The number of hydrogen-bond acceptors (Lipinski definition) is 6. The van der Waals surface area contributed by atoms with Crippen molar-refractivity contribution in [3.05, 3.63) is 53.1 Å². The fourth-order valence-corrected chi connectivity index (χ4v) is 8.02. The SMILES string of the molecule is COc1ccc2c(c1OC)C(=O)N1c3ccccc3C(=O)N(CCCC(=O)N3C[C@H]4C[C@@H](C3)[C@H]3CCCC(=O)N3C4)[C@H]21. The topological polar surface area (TPSA) is 99.7 Å². The van der Waals surface area contributed by atoms with Crippen molar-refractivity contribution >= 4 is 29.3 Å². The summed E-state index contributed by atoms with van der Waals surface area (Å²) >= 11 is 0. The molecular formula is C32H36N4O6. The maximum atomic E-state index is 13.9. The zero-order valence-corrected chi connectivity index (χ0v) is 24.1. The number of rotatable bonds is 6. The normalized spacial score (nSPS) is 26.0. The minimum Gasteiger partial charge on any atom is -0.493 e. The number of anilines is 1. The largest absolute Gasteiger partial charge is 0.493 e. The van der Waals surface area contributed by atoms with Crippen molar-refractivity contribution in [2.45, 2.75) is 50.7 Å². The molecule has 0 N–H and O–H groups in total. The van der Waals surface area contributed by atoms with Crippen LogP contribution in [0, 0.1) is 11.8 Å². The van der Waals surface area contributed by atoms with Crippen molar-refractivity contribution in [1.29, 1.82) is 0 Å². The first-order valence-corrected chi connectivity index (χ1v) is 15.0. The summed E-state index contributed by atoms with van der Waals surface area (Å²) in [7, 11) is 3.03. The fraction of sp³-hybridized carbons (Fsp3) is 0.500. The zero-order chi connectivity index (χ0) is 29.1. The molecule has 0 radical (unpaired) electrons. The van der Waals surface area contributed by atoms with Gasteiger partial charge in [0.2, 0.25) is 11.8 Å². The van der Waals surface area contributed by atoms with E-state index in [9.17, 15) is 19.2 Å². The first-order chi connectivity index (χ1) is 20.4. The van der Waals surface area contributed by atoms with E-state index in [2.05, 4.69) is 4.90 Å². The monoisotopic (exact) mass is 572 g/mol. The van der Waals surface area contributed by atoms with Crippen LogP contribution in [0.4, 0.5) is 5.69 Å². The van der Waals surface area contributed by atoms with Crippen molar-refractivity contribution in [3.63, 3.8) is 0 Å². The Bertz CT molecular complexity index is 1470. The van der Waals surface area contributed by atoms with Gasteiger partial charge in [0.05, 0.1) is 31.0 Å². The molecule has 220 valence electrons. The second-order valence-electron chi connectivity index (χ2n) is 12.1. The van der Waals surface area contributed by atoms with Gasteiger partial charge >= 0.3 is 0 Å². The molecule has 5 heterocycles. The fourth-order valence-electron chi connectivity index (χ4n) is 8.02. The Morgan fingerprint density at radius 1 is 0.976 bits per heavy atom. The summed E-state index contributed by atoms with van der Waals surface area (Å²) in [6.45, 7) is 2.46. The molecule has 4 amide bonds. The summed E-state index contributed by atoms with van der Waals surface area (Å²) in [5.41, 5.74) is 2.10. The zero-order valence-electron chi connectivity index (χ0n) is 24.1. The third-order valence-corrected chi connectivity index (χ3v) is 9.81. The molecule has 2 bridgehead atoms. The van der Waals surface area contributed by atoms with Gasteiger partial charge in [-0.1, -0.05) is 18.2 Å². The Kier molecular flexibility index (Phi) is 6.59. The minimum absolute atomic E-state index is 0.0938. The van der Waals surface area contributed by atoms with E-state index < -0.39 is 6.17 Å². The average Bonchev–Trinajstić information content (AvgIpc) is 3.30.